The lowest BCUT2D eigenvalue weighted by atomic mass is 10.1. The standard InChI is InChI=1S/C28H33NO5S/c1-21-16-22(2)18-25(17-21)35(31,32)34-26(24-14-10-7-11-15-24)20-29(27(30)33-28(3,4)5)19-23-12-8-6-9-13-23/h6-18,26H,19-20H2,1-5H3. The van der Waals surface area contributed by atoms with Crippen LogP contribution < -0.4 is 0 Å². The van der Waals surface area contributed by atoms with E-state index < -0.39 is 27.9 Å². The monoisotopic (exact) mass is 495 g/mol. The van der Waals surface area contributed by atoms with Crippen molar-refractivity contribution in [3.05, 3.63) is 101 Å². The molecule has 0 aromatic heterocycles. The summed E-state index contributed by atoms with van der Waals surface area (Å²) in [5.41, 5.74) is 2.47. The van der Waals surface area contributed by atoms with Gasteiger partial charge < -0.3 is 9.64 Å². The lowest BCUT2D eigenvalue weighted by Gasteiger charge is -2.30. The molecule has 1 unspecified atom stereocenters. The van der Waals surface area contributed by atoms with Gasteiger partial charge in [0.2, 0.25) is 0 Å². The first kappa shape index (κ1) is 26.4. The normalized spacial score (nSPS) is 12.7. The van der Waals surface area contributed by atoms with Gasteiger partial charge in [-0.3, -0.25) is 4.18 Å². The third-order valence-corrected chi connectivity index (χ3v) is 6.45. The predicted octanol–water partition coefficient (Wildman–Crippen LogP) is 6.19. The predicted molar refractivity (Wildman–Crippen MR) is 136 cm³/mol. The van der Waals surface area contributed by atoms with Crippen LogP contribution in [-0.4, -0.2) is 31.6 Å². The average Bonchev–Trinajstić information content (AvgIpc) is 2.77. The van der Waals surface area contributed by atoms with Gasteiger partial charge in [0.05, 0.1) is 11.4 Å². The molecule has 0 N–H and O–H groups in total. The molecule has 0 aliphatic rings. The number of hydrogen-bond donors (Lipinski definition) is 0. The van der Waals surface area contributed by atoms with E-state index in [4.69, 9.17) is 8.92 Å². The molecule has 0 spiro atoms. The maximum Gasteiger partial charge on any atom is 0.410 e. The minimum absolute atomic E-state index is 0.0160. The zero-order chi connectivity index (χ0) is 25.6. The molecule has 0 aliphatic heterocycles. The largest absolute Gasteiger partial charge is 0.444 e. The molecule has 0 radical (unpaired) electrons. The third-order valence-electron chi connectivity index (χ3n) is 5.15. The molecule has 1 amide bonds. The van der Waals surface area contributed by atoms with Crippen LogP contribution in [0.15, 0.2) is 83.8 Å². The zero-order valence-electron chi connectivity index (χ0n) is 20.9. The Bertz CT molecular complexity index is 1220. The summed E-state index contributed by atoms with van der Waals surface area (Å²) < 4.78 is 38.0. The van der Waals surface area contributed by atoms with Gasteiger partial charge in [0.1, 0.15) is 11.7 Å². The second-order valence-electron chi connectivity index (χ2n) is 9.62. The van der Waals surface area contributed by atoms with E-state index in [1.165, 1.54) is 4.90 Å². The van der Waals surface area contributed by atoms with E-state index in [1.807, 2.05) is 68.4 Å². The van der Waals surface area contributed by atoms with Gasteiger partial charge >= 0.3 is 6.09 Å². The summed E-state index contributed by atoms with van der Waals surface area (Å²) in [6.45, 7) is 9.28. The molecule has 0 heterocycles. The zero-order valence-corrected chi connectivity index (χ0v) is 21.7. The van der Waals surface area contributed by atoms with E-state index in [0.717, 1.165) is 16.7 Å². The first-order valence-electron chi connectivity index (χ1n) is 11.5. The number of aryl methyl sites for hydroxylation is 2. The maximum atomic E-state index is 13.3. The van der Waals surface area contributed by atoms with Gasteiger partial charge in [-0.05, 0) is 69.0 Å². The number of carbonyl (C=O) groups excluding carboxylic acids is 1. The summed E-state index contributed by atoms with van der Waals surface area (Å²) in [6.07, 6.45) is -1.48. The van der Waals surface area contributed by atoms with Gasteiger partial charge in [-0.25, -0.2) is 4.79 Å². The summed E-state index contributed by atoms with van der Waals surface area (Å²) in [7, 11) is -4.11. The highest BCUT2D eigenvalue weighted by molar-refractivity contribution is 7.86. The number of benzene rings is 3. The molecule has 3 aromatic rings. The summed E-state index contributed by atoms with van der Waals surface area (Å²) in [5, 5.41) is 0. The molecule has 0 saturated carbocycles. The molecule has 3 rings (SSSR count). The molecule has 3 aromatic carbocycles. The minimum Gasteiger partial charge on any atom is -0.444 e. The quantitative estimate of drug-likeness (QED) is 0.349. The average molecular weight is 496 g/mol. The molecule has 6 nitrogen and oxygen atoms in total. The smallest absolute Gasteiger partial charge is 0.410 e. The highest BCUT2D eigenvalue weighted by Gasteiger charge is 2.30. The van der Waals surface area contributed by atoms with Crippen LogP contribution in [0.2, 0.25) is 0 Å². The van der Waals surface area contributed by atoms with E-state index >= 15 is 0 Å². The van der Waals surface area contributed by atoms with E-state index in [0.29, 0.717) is 5.56 Å². The van der Waals surface area contributed by atoms with E-state index in [1.54, 1.807) is 45.0 Å². The Morgan fingerprint density at radius 3 is 1.97 bits per heavy atom. The van der Waals surface area contributed by atoms with Gasteiger partial charge in [0.25, 0.3) is 10.1 Å². The molecule has 0 aliphatic carbocycles. The molecule has 0 fully saturated rings. The Morgan fingerprint density at radius 1 is 0.886 bits per heavy atom. The Balaban J connectivity index is 1.97. The molecule has 1 atom stereocenters. The van der Waals surface area contributed by atoms with Crippen LogP contribution in [0.1, 0.15) is 49.1 Å². The first-order valence-corrected chi connectivity index (χ1v) is 12.9. The fourth-order valence-corrected chi connectivity index (χ4v) is 4.93. The van der Waals surface area contributed by atoms with Crippen molar-refractivity contribution < 1.29 is 22.1 Å². The van der Waals surface area contributed by atoms with Crippen LogP contribution in [0, 0.1) is 13.8 Å². The SMILES string of the molecule is Cc1cc(C)cc(S(=O)(=O)OC(CN(Cc2ccccc2)C(=O)OC(C)(C)C)c2ccccc2)c1. The first-order chi connectivity index (χ1) is 16.4. The number of rotatable bonds is 8. The summed E-state index contributed by atoms with van der Waals surface area (Å²) in [4.78, 5) is 14.7. The molecule has 186 valence electrons. The Morgan fingerprint density at radius 2 is 1.43 bits per heavy atom. The van der Waals surface area contributed by atoms with Crippen molar-refractivity contribution in [2.24, 2.45) is 0 Å². The van der Waals surface area contributed by atoms with Crippen molar-refractivity contribution in [1.82, 2.24) is 4.90 Å². The van der Waals surface area contributed by atoms with Gasteiger partial charge in [-0.15, -0.1) is 0 Å². The van der Waals surface area contributed by atoms with Gasteiger partial charge in [-0.2, -0.15) is 8.42 Å². The fourth-order valence-electron chi connectivity index (χ4n) is 3.68. The molecular formula is C28H33NO5S. The fraction of sp³-hybridized carbons (Fsp3) is 0.321. The van der Waals surface area contributed by atoms with Crippen molar-refractivity contribution in [3.8, 4) is 0 Å². The van der Waals surface area contributed by atoms with Gasteiger partial charge in [0.15, 0.2) is 0 Å². The van der Waals surface area contributed by atoms with Gasteiger partial charge in [0, 0.05) is 6.54 Å². The molecule has 7 heteroatoms. The Labute approximate surface area is 208 Å². The van der Waals surface area contributed by atoms with Crippen LogP contribution in [0.3, 0.4) is 0 Å². The second-order valence-corrected chi connectivity index (χ2v) is 11.2. The van der Waals surface area contributed by atoms with Crippen molar-refractivity contribution in [2.75, 3.05) is 6.54 Å². The summed E-state index contributed by atoms with van der Waals surface area (Å²) in [6, 6.07) is 23.6. The molecule has 0 saturated heterocycles. The van der Waals surface area contributed by atoms with Crippen LogP contribution in [-0.2, 0) is 25.6 Å². The minimum atomic E-state index is -4.11. The summed E-state index contributed by atoms with van der Waals surface area (Å²) >= 11 is 0. The van der Waals surface area contributed by atoms with Crippen LogP contribution >= 0.6 is 0 Å². The number of amides is 1. The van der Waals surface area contributed by atoms with E-state index in [-0.39, 0.29) is 18.0 Å². The Kier molecular flexibility index (Phi) is 8.35. The van der Waals surface area contributed by atoms with Gasteiger partial charge in [-0.1, -0.05) is 66.7 Å². The van der Waals surface area contributed by atoms with E-state index in [2.05, 4.69) is 0 Å². The third kappa shape index (κ3) is 7.94. The van der Waals surface area contributed by atoms with Crippen molar-refractivity contribution in [2.45, 2.75) is 57.8 Å². The number of carbonyl (C=O) groups is 1. The maximum absolute atomic E-state index is 13.3. The van der Waals surface area contributed by atoms with E-state index in [9.17, 15) is 13.2 Å². The molecule has 0 bridgehead atoms. The van der Waals surface area contributed by atoms with Crippen molar-refractivity contribution in [1.29, 1.82) is 0 Å². The summed E-state index contributed by atoms with van der Waals surface area (Å²) in [5.74, 6) is 0. The van der Waals surface area contributed by atoms with Crippen molar-refractivity contribution in [3.63, 3.8) is 0 Å². The van der Waals surface area contributed by atoms with Crippen LogP contribution in [0.25, 0.3) is 0 Å². The highest BCUT2D eigenvalue weighted by atomic mass is 32.2. The second kappa shape index (κ2) is 11.1. The lowest BCUT2D eigenvalue weighted by Crippen LogP contribution is -2.39. The van der Waals surface area contributed by atoms with Crippen LogP contribution in [0.4, 0.5) is 4.79 Å². The number of nitrogens with zero attached hydrogens (tertiary/aromatic N) is 1. The number of hydrogen-bond acceptors (Lipinski definition) is 5. The Hall–Kier alpha value is -3.16. The number of ether oxygens (including phenoxy) is 1. The van der Waals surface area contributed by atoms with Crippen molar-refractivity contribution >= 4 is 16.2 Å². The topological polar surface area (TPSA) is 72.9 Å². The van der Waals surface area contributed by atoms with Crippen LogP contribution in [0.5, 0.6) is 0 Å². The molecule has 35 heavy (non-hydrogen) atoms. The molecular weight excluding hydrogens is 462 g/mol. The highest BCUT2D eigenvalue weighted by Crippen LogP contribution is 2.27. The lowest BCUT2D eigenvalue weighted by molar-refractivity contribution is 0.0151.